The van der Waals surface area contributed by atoms with Crippen LogP contribution in [0.5, 0.6) is 0 Å². The van der Waals surface area contributed by atoms with E-state index in [0.29, 0.717) is 70.7 Å². The second kappa shape index (κ2) is 7.23. The molecule has 8 heteroatoms. The third-order valence-corrected chi connectivity index (χ3v) is 6.38. The lowest BCUT2D eigenvalue weighted by Crippen LogP contribution is -2.43. The van der Waals surface area contributed by atoms with E-state index >= 15 is 0 Å². The van der Waals surface area contributed by atoms with E-state index in [9.17, 15) is 14.0 Å². The van der Waals surface area contributed by atoms with E-state index in [0.717, 1.165) is 0 Å². The van der Waals surface area contributed by atoms with E-state index in [4.69, 9.17) is 10.2 Å². The van der Waals surface area contributed by atoms with Crippen molar-refractivity contribution in [2.75, 3.05) is 17.2 Å². The van der Waals surface area contributed by atoms with E-state index in [1.54, 1.807) is 36.4 Å². The van der Waals surface area contributed by atoms with Crippen LogP contribution in [0.4, 0.5) is 16.2 Å². The number of hydrogen-bond donors (Lipinski definition) is 1. The SMILES string of the molecule is Nc1nc2c(c(N3CC[C@H]3c3oc4ccccc4c(=O)c3-c3cccc(F)c3)n1)C(=O)CC2. The average molecular weight is 442 g/mol. The highest BCUT2D eigenvalue weighted by Crippen LogP contribution is 2.44. The van der Waals surface area contributed by atoms with Gasteiger partial charge >= 0.3 is 0 Å². The molecule has 0 amide bonds. The molecule has 2 aromatic carbocycles. The largest absolute Gasteiger partial charge is 0.458 e. The summed E-state index contributed by atoms with van der Waals surface area (Å²) in [6, 6.07) is 12.6. The first-order valence-corrected chi connectivity index (χ1v) is 10.8. The fourth-order valence-electron chi connectivity index (χ4n) is 4.77. The number of aryl methyl sites for hydroxylation is 1. The van der Waals surface area contributed by atoms with Crippen molar-refractivity contribution in [2.24, 2.45) is 0 Å². The third kappa shape index (κ3) is 3.01. The summed E-state index contributed by atoms with van der Waals surface area (Å²) in [6.07, 6.45) is 1.58. The zero-order valence-corrected chi connectivity index (χ0v) is 17.5. The summed E-state index contributed by atoms with van der Waals surface area (Å²) >= 11 is 0. The molecule has 0 radical (unpaired) electrons. The predicted octanol–water partition coefficient (Wildman–Crippen LogP) is 4.05. The first-order chi connectivity index (χ1) is 16.0. The lowest BCUT2D eigenvalue weighted by atomic mass is 9.92. The Morgan fingerprint density at radius 3 is 2.67 bits per heavy atom. The number of hydrogen-bond acceptors (Lipinski definition) is 7. The molecule has 1 atom stereocenters. The number of carbonyl (C=O) groups is 1. The van der Waals surface area contributed by atoms with Gasteiger partial charge in [-0.2, -0.15) is 4.98 Å². The van der Waals surface area contributed by atoms with Crippen molar-refractivity contribution in [3.63, 3.8) is 0 Å². The van der Waals surface area contributed by atoms with Crippen LogP contribution in [0.1, 0.15) is 40.7 Å². The van der Waals surface area contributed by atoms with E-state index in [-0.39, 0.29) is 23.2 Å². The zero-order chi connectivity index (χ0) is 22.7. The van der Waals surface area contributed by atoms with Crippen LogP contribution in [0, 0.1) is 5.82 Å². The minimum absolute atomic E-state index is 0.0176. The minimum Gasteiger partial charge on any atom is -0.458 e. The Morgan fingerprint density at radius 1 is 1.03 bits per heavy atom. The Balaban J connectivity index is 1.56. The Morgan fingerprint density at radius 2 is 1.88 bits per heavy atom. The van der Waals surface area contributed by atoms with Gasteiger partial charge in [0.2, 0.25) is 11.4 Å². The summed E-state index contributed by atoms with van der Waals surface area (Å²) in [5.41, 5.74) is 8.06. The average Bonchev–Trinajstić information content (AvgIpc) is 3.13. The van der Waals surface area contributed by atoms with Crippen molar-refractivity contribution in [1.82, 2.24) is 9.97 Å². The van der Waals surface area contributed by atoms with Crippen molar-refractivity contribution in [3.8, 4) is 11.1 Å². The molecule has 7 nitrogen and oxygen atoms in total. The molecule has 0 bridgehead atoms. The summed E-state index contributed by atoms with van der Waals surface area (Å²) in [4.78, 5) is 36.7. The number of anilines is 2. The third-order valence-electron chi connectivity index (χ3n) is 6.38. The number of halogens is 1. The normalized spacial score (nSPS) is 17.3. The zero-order valence-electron chi connectivity index (χ0n) is 17.5. The molecule has 2 N–H and O–H groups in total. The van der Waals surface area contributed by atoms with E-state index in [1.807, 2.05) is 4.90 Å². The molecular formula is C25H19FN4O3. The molecule has 164 valence electrons. The molecule has 4 aromatic rings. The summed E-state index contributed by atoms with van der Waals surface area (Å²) < 4.78 is 20.4. The number of nitrogens with zero attached hydrogens (tertiary/aromatic N) is 3. The van der Waals surface area contributed by atoms with Crippen LogP contribution in [-0.2, 0) is 6.42 Å². The van der Waals surface area contributed by atoms with Crippen LogP contribution >= 0.6 is 0 Å². The van der Waals surface area contributed by atoms with Crippen molar-refractivity contribution in [3.05, 3.63) is 81.6 Å². The first kappa shape index (κ1) is 19.6. The van der Waals surface area contributed by atoms with Crippen LogP contribution in [0.3, 0.4) is 0 Å². The van der Waals surface area contributed by atoms with Gasteiger partial charge in [-0.05, 0) is 42.7 Å². The maximum atomic E-state index is 14.1. The van der Waals surface area contributed by atoms with Crippen molar-refractivity contribution >= 4 is 28.5 Å². The number of rotatable bonds is 3. The van der Waals surface area contributed by atoms with Gasteiger partial charge in [0.25, 0.3) is 0 Å². The van der Waals surface area contributed by atoms with Crippen LogP contribution in [0.2, 0.25) is 0 Å². The van der Waals surface area contributed by atoms with Gasteiger partial charge in [0.05, 0.1) is 28.2 Å². The van der Waals surface area contributed by atoms with Gasteiger partial charge in [0.1, 0.15) is 23.0 Å². The molecule has 0 saturated carbocycles. The molecule has 2 aliphatic rings. The van der Waals surface area contributed by atoms with Gasteiger partial charge < -0.3 is 15.1 Å². The van der Waals surface area contributed by atoms with Crippen LogP contribution in [-0.4, -0.2) is 22.3 Å². The topological polar surface area (TPSA) is 102 Å². The number of para-hydroxylation sites is 1. The Kier molecular flexibility index (Phi) is 4.29. The highest BCUT2D eigenvalue weighted by atomic mass is 19.1. The van der Waals surface area contributed by atoms with E-state index in [1.165, 1.54) is 12.1 Å². The summed E-state index contributed by atoms with van der Waals surface area (Å²) in [7, 11) is 0. The predicted molar refractivity (Wildman–Crippen MR) is 122 cm³/mol. The number of fused-ring (bicyclic) bond motifs is 2. The molecule has 2 aromatic heterocycles. The Hall–Kier alpha value is -4.07. The molecule has 0 spiro atoms. The number of aromatic nitrogens is 2. The van der Waals surface area contributed by atoms with Crippen LogP contribution < -0.4 is 16.1 Å². The summed E-state index contributed by atoms with van der Waals surface area (Å²) in [5.74, 6) is 0.540. The van der Waals surface area contributed by atoms with E-state index < -0.39 is 5.82 Å². The number of nitrogen functional groups attached to an aromatic ring is 1. The minimum atomic E-state index is -0.441. The van der Waals surface area contributed by atoms with Gasteiger partial charge in [-0.3, -0.25) is 9.59 Å². The molecular weight excluding hydrogens is 423 g/mol. The molecule has 1 fully saturated rings. The number of benzene rings is 2. The molecule has 1 aliphatic heterocycles. The number of carbonyl (C=O) groups excluding carboxylic acids is 1. The highest BCUT2D eigenvalue weighted by Gasteiger charge is 2.40. The summed E-state index contributed by atoms with van der Waals surface area (Å²) in [5, 5.41) is 0.425. The number of nitrogens with two attached hydrogens (primary N) is 1. The first-order valence-electron chi connectivity index (χ1n) is 10.8. The Labute approximate surface area is 187 Å². The molecule has 33 heavy (non-hydrogen) atoms. The highest BCUT2D eigenvalue weighted by molar-refractivity contribution is 6.04. The monoisotopic (exact) mass is 442 g/mol. The van der Waals surface area contributed by atoms with Crippen LogP contribution in [0.15, 0.2) is 57.7 Å². The number of ketones is 1. The maximum absolute atomic E-state index is 14.1. The smallest absolute Gasteiger partial charge is 0.222 e. The fourth-order valence-corrected chi connectivity index (χ4v) is 4.77. The molecule has 3 heterocycles. The summed E-state index contributed by atoms with van der Waals surface area (Å²) in [6.45, 7) is 0.611. The van der Waals surface area contributed by atoms with Gasteiger partial charge in [0, 0.05) is 13.0 Å². The van der Waals surface area contributed by atoms with Gasteiger partial charge in [0.15, 0.2) is 5.78 Å². The fraction of sp³-hybridized carbons (Fsp3) is 0.200. The van der Waals surface area contributed by atoms with Crippen molar-refractivity contribution < 1.29 is 13.6 Å². The quantitative estimate of drug-likeness (QED) is 0.511. The van der Waals surface area contributed by atoms with Crippen molar-refractivity contribution in [2.45, 2.75) is 25.3 Å². The molecule has 1 saturated heterocycles. The lowest BCUT2D eigenvalue weighted by molar-refractivity contribution is 0.0994. The van der Waals surface area contributed by atoms with Crippen molar-refractivity contribution in [1.29, 1.82) is 0 Å². The van der Waals surface area contributed by atoms with E-state index in [2.05, 4.69) is 9.97 Å². The molecule has 6 rings (SSSR count). The van der Waals surface area contributed by atoms with Gasteiger partial charge in [-0.1, -0.05) is 24.3 Å². The van der Waals surface area contributed by atoms with Crippen LogP contribution in [0.25, 0.3) is 22.1 Å². The van der Waals surface area contributed by atoms with Gasteiger partial charge in [-0.15, -0.1) is 0 Å². The Bertz CT molecular complexity index is 1510. The second-order valence-corrected chi connectivity index (χ2v) is 8.33. The van der Waals surface area contributed by atoms with Gasteiger partial charge in [-0.25, -0.2) is 9.37 Å². The lowest BCUT2D eigenvalue weighted by Gasteiger charge is -2.42. The second-order valence-electron chi connectivity index (χ2n) is 8.33. The molecule has 1 aliphatic carbocycles. The maximum Gasteiger partial charge on any atom is 0.222 e. The number of Topliss-reactive ketones (excluding diaryl/α,β-unsaturated/α-hetero) is 1. The molecule has 0 unspecified atom stereocenters. The standard InChI is InChI=1S/C25H19FN4O3/c26-14-5-3-4-13(12-14)20-22(32)15-6-1-2-7-19(15)33-23(20)17-10-11-30(17)24-21-16(8-9-18(21)31)28-25(27)29-24/h1-7,12,17H,8-11H2,(H2,27,28,29)/t17-/m0/s1.